The lowest BCUT2D eigenvalue weighted by atomic mass is 10.3. The van der Waals surface area contributed by atoms with Gasteiger partial charge in [0, 0.05) is 35.1 Å². The van der Waals surface area contributed by atoms with Crippen LogP contribution in [0.15, 0.2) is 66.3 Å². The normalized spacial score (nSPS) is 10.6. The van der Waals surface area contributed by atoms with E-state index in [1.54, 1.807) is 60.1 Å². The third kappa shape index (κ3) is 4.49. The predicted molar refractivity (Wildman–Crippen MR) is 90.5 cm³/mol. The Morgan fingerprint density at radius 2 is 2.00 bits per heavy atom. The quantitative estimate of drug-likeness (QED) is 0.721. The molecule has 6 heteroatoms. The summed E-state index contributed by atoms with van der Waals surface area (Å²) in [4.78, 5) is 20.9. The molecular formula is C17H13N3O2S. The van der Waals surface area contributed by atoms with Crippen LogP contribution in [-0.2, 0) is 4.79 Å². The first-order valence-corrected chi connectivity index (χ1v) is 7.75. The molecule has 0 aliphatic heterocycles. The Kier molecular flexibility index (Phi) is 4.76. The zero-order valence-electron chi connectivity index (χ0n) is 12.0. The van der Waals surface area contributed by atoms with Crippen LogP contribution in [-0.4, -0.2) is 15.9 Å². The van der Waals surface area contributed by atoms with E-state index >= 15 is 0 Å². The van der Waals surface area contributed by atoms with Crippen LogP contribution < -0.4 is 10.1 Å². The minimum atomic E-state index is -0.202. The molecule has 0 unspecified atom stereocenters. The number of benzene rings is 1. The summed E-state index contributed by atoms with van der Waals surface area (Å²) in [6, 6.07) is 12.9. The third-order valence-electron chi connectivity index (χ3n) is 2.79. The number of hydrogen-bond donors (Lipinski definition) is 1. The van der Waals surface area contributed by atoms with Crippen molar-refractivity contribution in [3.8, 4) is 11.8 Å². The van der Waals surface area contributed by atoms with Gasteiger partial charge in [0.1, 0.15) is 5.75 Å². The van der Waals surface area contributed by atoms with E-state index in [-0.39, 0.29) is 11.9 Å². The molecule has 0 atom stereocenters. The number of carbonyl (C=O) groups excluding carboxylic acids is 1. The second kappa shape index (κ2) is 7.33. The third-order valence-corrected chi connectivity index (χ3v) is 3.63. The van der Waals surface area contributed by atoms with Crippen molar-refractivity contribution in [1.82, 2.24) is 9.97 Å². The van der Waals surface area contributed by atoms with Crippen molar-refractivity contribution in [3.63, 3.8) is 0 Å². The average molecular weight is 323 g/mol. The van der Waals surface area contributed by atoms with Gasteiger partial charge in [-0.25, -0.2) is 9.97 Å². The maximum Gasteiger partial charge on any atom is 0.321 e. The number of anilines is 1. The lowest BCUT2D eigenvalue weighted by Crippen LogP contribution is -2.07. The van der Waals surface area contributed by atoms with Crippen LogP contribution in [0.5, 0.6) is 11.8 Å². The number of rotatable bonds is 5. The van der Waals surface area contributed by atoms with Crippen LogP contribution in [0, 0.1) is 0 Å². The van der Waals surface area contributed by atoms with Gasteiger partial charge < -0.3 is 10.1 Å². The fourth-order valence-electron chi connectivity index (χ4n) is 1.81. The van der Waals surface area contributed by atoms with Crippen LogP contribution >= 0.6 is 11.3 Å². The molecule has 0 saturated carbocycles. The van der Waals surface area contributed by atoms with E-state index in [0.29, 0.717) is 11.4 Å². The maximum atomic E-state index is 11.9. The van der Waals surface area contributed by atoms with Gasteiger partial charge in [0.15, 0.2) is 0 Å². The summed E-state index contributed by atoms with van der Waals surface area (Å²) in [5.74, 6) is 0.350. The van der Waals surface area contributed by atoms with Crippen molar-refractivity contribution in [2.75, 3.05) is 5.32 Å². The van der Waals surface area contributed by atoms with E-state index in [1.807, 2.05) is 17.5 Å². The minimum absolute atomic E-state index is 0.202. The van der Waals surface area contributed by atoms with E-state index in [2.05, 4.69) is 15.3 Å². The first-order valence-electron chi connectivity index (χ1n) is 6.87. The molecule has 3 aromatic rings. The molecule has 1 amide bonds. The molecule has 0 bridgehead atoms. The fraction of sp³-hybridized carbons (Fsp3) is 0. The highest BCUT2D eigenvalue weighted by Gasteiger charge is 2.02. The van der Waals surface area contributed by atoms with E-state index < -0.39 is 0 Å². The number of aromatic nitrogens is 2. The first kappa shape index (κ1) is 14.9. The Morgan fingerprint density at radius 3 is 2.78 bits per heavy atom. The molecule has 1 N–H and O–H groups in total. The lowest BCUT2D eigenvalue weighted by molar-refractivity contribution is -0.111. The standard InChI is InChI=1S/C17H13N3O2S/c21-16(8-7-15-6-2-11-23-15)20-13-4-1-5-14(12-13)22-17-18-9-3-10-19-17/h1-12H,(H,20,21)/b8-7-. The number of amides is 1. The zero-order chi connectivity index (χ0) is 15.9. The molecule has 0 aliphatic rings. The second-order valence-electron chi connectivity index (χ2n) is 4.50. The minimum Gasteiger partial charge on any atom is -0.424 e. The van der Waals surface area contributed by atoms with Crippen LogP contribution in [0.25, 0.3) is 6.08 Å². The average Bonchev–Trinajstić information content (AvgIpc) is 3.08. The Labute approximate surface area is 137 Å². The summed E-state index contributed by atoms with van der Waals surface area (Å²) in [5, 5.41) is 4.75. The van der Waals surface area contributed by atoms with Crippen molar-refractivity contribution in [2.45, 2.75) is 0 Å². The first-order chi connectivity index (χ1) is 11.3. The van der Waals surface area contributed by atoms with Crippen LogP contribution in [0.2, 0.25) is 0 Å². The smallest absolute Gasteiger partial charge is 0.321 e. The highest BCUT2D eigenvalue weighted by atomic mass is 32.1. The number of thiophene rings is 1. The topological polar surface area (TPSA) is 64.1 Å². The van der Waals surface area contributed by atoms with Crippen LogP contribution in [0.3, 0.4) is 0 Å². The van der Waals surface area contributed by atoms with E-state index in [1.165, 1.54) is 6.08 Å². The SMILES string of the molecule is O=C(/C=C\c1cccs1)Nc1cccc(Oc2ncccn2)c1. The van der Waals surface area contributed by atoms with Gasteiger partial charge in [0.2, 0.25) is 5.91 Å². The molecule has 0 aliphatic carbocycles. The molecule has 2 aromatic heterocycles. The van der Waals surface area contributed by atoms with Gasteiger partial charge in [-0.2, -0.15) is 0 Å². The summed E-state index contributed by atoms with van der Waals surface area (Å²) in [6.07, 6.45) is 6.48. The Morgan fingerprint density at radius 1 is 1.13 bits per heavy atom. The molecule has 0 radical (unpaired) electrons. The van der Waals surface area contributed by atoms with Crippen molar-refractivity contribution >= 4 is 29.0 Å². The number of nitrogens with one attached hydrogen (secondary N) is 1. The molecule has 1 aromatic carbocycles. The van der Waals surface area contributed by atoms with Crippen molar-refractivity contribution < 1.29 is 9.53 Å². The van der Waals surface area contributed by atoms with Gasteiger partial charge in [-0.15, -0.1) is 11.3 Å². The van der Waals surface area contributed by atoms with Crippen molar-refractivity contribution in [1.29, 1.82) is 0 Å². The number of carbonyl (C=O) groups is 1. The molecule has 5 nitrogen and oxygen atoms in total. The monoisotopic (exact) mass is 323 g/mol. The van der Waals surface area contributed by atoms with Gasteiger partial charge in [0.05, 0.1) is 0 Å². The van der Waals surface area contributed by atoms with Gasteiger partial charge in [-0.3, -0.25) is 4.79 Å². The molecule has 0 fully saturated rings. The number of nitrogens with zero attached hydrogens (tertiary/aromatic N) is 2. The van der Waals surface area contributed by atoms with Crippen LogP contribution in [0.4, 0.5) is 5.69 Å². The fourth-order valence-corrected chi connectivity index (χ4v) is 2.43. The Balaban J connectivity index is 1.64. The van der Waals surface area contributed by atoms with Gasteiger partial charge in [0.25, 0.3) is 0 Å². The zero-order valence-corrected chi connectivity index (χ0v) is 12.9. The molecular weight excluding hydrogens is 310 g/mol. The molecule has 3 rings (SSSR count). The molecule has 2 heterocycles. The van der Waals surface area contributed by atoms with Crippen molar-refractivity contribution in [3.05, 3.63) is 71.2 Å². The highest BCUT2D eigenvalue weighted by Crippen LogP contribution is 2.21. The lowest BCUT2D eigenvalue weighted by Gasteiger charge is -2.06. The van der Waals surface area contributed by atoms with Crippen molar-refractivity contribution in [2.24, 2.45) is 0 Å². The molecule has 0 spiro atoms. The van der Waals surface area contributed by atoms with Gasteiger partial charge in [-0.1, -0.05) is 12.1 Å². The maximum absolute atomic E-state index is 11.9. The summed E-state index contributed by atoms with van der Waals surface area (Å²) >= 11 is 1.57. The number of hydrogen-bond acceptors (Lipinski definition) is 5. The largest absolute Gasteiger partial charge is 0.424 e. The number of ether oxygens (including phenoxy) is 1. The molecule has 23 heavy (non-hydrogen) atoms. The Hall–Kier alpha value is -2.99. The van der Waals surface area contributed by atoms with Gasteiger partial charge >= 0.3 is 6.01 Å². The van der Waals surface area contributed by atoms with Crippen LogP contribution in [0.1, 0.15) is 4.88 Å². The molecule has 0 saturated heterocycles. The van der Waals surface area contributed by atoms with E-state index in [9.17, 15) is 4.79 Å². The predicted octanol–water partition coefficient (Wildman–Crippen LogP) is 3.98. The second-order valence-corrected chi connectivity index (χ2v) is 5.48. The highest BCUT2D eigenvalue weighted by molar-refractivity contribution is 7.10. The summed E-state index contributed by atoms with van der Waals surface area (Å²) in [6.45, 7) is 0. The Bertz CT molecular complexity index is 802. The summed E-state index contributed by atoms with van der Waals surface area (Å²) in [5.41, 5.74) is 0.638. The van der Waals surface area contributed by atoms with Gasteiger partial charge in [-0.05, 0) is 35.7 Å². The summed E-state index contributed by atoms with van der Waals surface area (Å²) < 4.78 is 5.53. The van der Waals surface area contributed by atoms with E-state index in [4.69, 9.17) is 4.74 Å². The van der Waals surface area contributed by atoms with E-state index in [0.717, 1.165) is 4.88 Å². The summed E-state index contributed by atoms with van der Waals surface area (Å²) in [7, 11) is 0. The molecule has 114 valence electrons.